The highest BCUT2D eigenvalue weighted by molar-refractivity contribution is 5.84. The van der Waals surface area contributed by atoms with Crippen LogP contribution in [0.15, 0.2) is 66.7 Å². The molecule has 0 spiro atoms. The molecular formula is C25H24N2O2. The van der Waals surface area contributed by atoms with E-state index in [0.29, 0.717) is 6.61 Å². The fraction of sp³-hybridized carbons (Fsp3) is 0.160. The fourth-order valence-electron chi connectivity index (χ4n) is 3.42. The first-order valence-electron chi connectivity index (χ1n) is 9.82. The van der Waals surface area contributed by atoms with Gasteiger partial charge in [0.25, 0.3) is 0 Å². The number of fused-ring (bicyclic) bond motifs is 1. The number of aliphatic hydroxyl groups excluding tert-OH is 1. The monoisotopic (exact) mass is 384 g/mol. The molecule has 0 aliphatic carbocycles. The van der Waals surface area contributed by atoms with E-state index in [1.807, 2.05) is 79.7 Å². The molecule has 0 bridgehead atoms. The quantitative estimate of drug-likeness (QED) is 0.438. The van der Waals surface area contributed by atoms with Gasteiger partial charge in [-0.15, -0.1) is 0 Å². The predicted molar refractivity (Wildman–Crippen MR) is 119 cm³/mol. The molecule has 1 unspecified atom stereocenters. The van der Waals surface area contributed by atoms with E-state index in [1.165, 1.54) is 0 Å². The van der Waals surface area contributed by atoms with Gasteiger partial charge in [-0.25, -0.2) is 4.98 Å². The molecule has 4 nitrogen and oxygen atoms in total. The zero-order valence-corrected chi connectivity index (χ0v) is 16.6. The van der Waals surface area contributed by atoms with Gasteiger partial charge in [-0.1, -0.05) is 48.5 Å². The van der Waals surface area contributed by atoms with Crippen LogP contribution in [0.1, 0.15) is 36.9 Å². The van der Waals surface area contributed by atoms with Crippen LogP contribution >= 0.6 is 0 Å². The van der Waals surface area contributed by atoms with E-state index in [2.05, 4.69) is 16.0 Å². The van der Waals surface area contributed by atoms with Crippen LogP contribution in [0.25, 0.3) is 34.3 Å². The van der Waals surface area contributed by atoms with E-state index in [1.54, 1.807) is 6.92 Å². The van der Waals surface area contributed by atoms with Crippen LogP contribution in [0.4, 0.5) is 0 Å². The lowest BCUT2D eigenvalue weighted by Crippen LogP contribution is -1.94. The number of H-pyrrole nitrogens is 1. The third-order valence-corrected chi connectivity index (χ3v) is 4.85. The summed E-state index contributed by atoms with van der Waals surface area (Å²) in [5.74, 6) is 1.67. The summed E-state index contributed by atoms with van der Waals surface area (Å²) in [6.07, 6.45) is 3.48. The Hall–Kier alpha value is -3.37. The van der Waals surface area contributed by atoms with Crippen LogP contribution in [0.3, 0.4) is 0 Å². The number of benzene rings is 3. The number of ether oxygens (including phenoxy) is 1. The van der Waals surface area contributed by atoms with E-state index in [0.717, 1.165) is 44.9 Å². The van der Waals surface area contributed by atoms with E-state index in [-0.39, 0.29) is 0 Å². The second kappa shape index (κ2) is 8.33. The molecular weight excluding hydrogens is 360 g/mol. The summed E-state index contributed by atoms with van der Waals surface area (Å²) in [5.41, 5.74) is 5.97. The van der Waals surface area contributed by atoms with Crippen molar-refractivity contribution in [3.8, 4) is 16.9 Å². The second-order valence-electron chi connectivity index (χ2n) is 6.95. The Morgan fingerprint density at radius 3 is 2.59 bits per heavy atom. The maximum absolute atomic E-state index is 10.1. The Morgan fingerprint density at radius 2 is 1.83 bits per heavy atom. The van der Waals surface area contributed by atoms with Gasteiger partial charge in [0.05, 0.1) is 23.7 Å². The lowest BCUT2D eigenvalue weighted by atomic mass is 9.96. The highest BCUT2D eigenvalue weighted by Crippen LogP contribution is 2.30. The molecule has 4 heteroatoms. The number of imidazole rings is 1. The number of aromatic nitrogens is 2. The highest BCUT2D eigenvalue weighted by Gasteiger charge is 2.10. The molecule has 0 amide bonds. The fourth-order valence-corrected chi connectivity index (χ4v) is 3.42. The SMILES string of the molecule is CCOc1ccc(/C=C/c2nc3ccc(-c4ccccc4C(C)O)cc3[nH]2)cc1. The molecule has 0 saturated heterocycles. The molecule has 0 saturated carbocycles. The number of hydrogen-bond donors (Lipinski definition) is 2. The predicted octanol–water partition coefficient (Wildman–Crippen LogP) is 5.85. The number of aliphatic hydroxyl groups is 1. The first-order valence-corrected chi connectivity index (χ1v) is 9.82. The minimum Gasteiger partial charge on any atom is -0.494 e. The summed E-state index contributed by atoms with van der Waals surface area (Å²) in [7, 11) is 0. The van der Waals surface area contributed by atoms with Gasteiger partial charge in [-0.05, 0) is 66.4 Å². The van der Waals surface area contributed by atoms with Crippen LogP contribution in [0.2, 0.25) is 0 Å². The lowest BCUT2D eigenvalue weighted by Gasteiger charge is -2.11. The minimum atomic E-state index is -0.517. The molecule has 3 aromatic carbocycles. The zero-order valence-electron chi connectivity index (χ0n) is 16.6. The van der Waals surface area contributed by atoms with Crippen molar-refractivity contribution in [2.45, 2.75) is 20.0 Å². The second-order valence-corrected chi connectivity index (χ2v) is 6.95. The van der Waals surface area contributed by atoms with Crippen molar-refractivity contribution >= 4 is 23.2 Å². The minimum absolute atomic E-state index is 0.517. The van der Waals surface area contributed by atoms with Crippen molar-refractivity contribution in [2.75, 3.05) is 6.61 Å². The third kappa shape index (κ3) is 4.23. The number of hydrogen-bond acceptors (Lipinski definition) is 3. The van der Waals surface area contributed by atoms with Gasteiger partial charge in [0.15, 0.2) is 0 Å². The average Bonchev–Trinajstić information content (AvgIpc) is 3.15. The van der Waals surface area contributed by atoms with Crippen molar-refractivity contribution in [3.05, 3.63) is 83.7 Å². The van der Waals surface area contributed by atoms with E-state index >= 15 is 0 Å². The Morgan fingerprint density at radius 1 is 1.03 bits per heavy atom. The summed E-state index contributed by atoms with van der Waals surface area (Å²) in [5, 5.41) is 10.1. The molecule has 1 heterocycles. The zero-order chi connectivity index (χ0) is 20.2. The van der Waals surface area contributed by atoms with Gasteiger partial charge in [-0.3, -0.25) is 0 Å². The van der Waals surface area contributed by atoms with E-state index in [9.17, 15) is 5.11 Å². The van der Waals surface area contributed by atoms with Gasteiger partial charge in [0, 0.05) is 0 Å². The molecule has 0 aliphatic heterocycles. The number of rotatable bonds is 6. The van der Waals surface area contributed by atoms with Gasteiger partial charge in [0.1, 0.15) is 11.6 Å². The van der Waals surface area contributed by atoms with Crippen molar-refractivity contribution in [3.63, 3.8) is 0 Å². The molecule has 1 aromatic heterocycles. The Bertz CT molecular complexity index is 1140. The molecule has 1 atom stereocenters. The van der Waals surface area contributed by atoms with E-state index < -0.39 is 6.10 Å². The first kappa shape index (κ1) is 19.0. The molecule has 2 N–H and O–H groups in total. The molecule has 0 aliphatic rings. The van der Waals surface area contributed by atoms with Crippen LogP contribution < -0.4 is 4.74 Å². The summed E-state index contributed by atoms with van der Waals surface area (Å²) < 4.78 is 5.48. The molecule has 146 valence electrons. The molecule has 0 fully saturated rings. The van der Waals surface area contributed by atoms with Crippen LogP contribution in [0.5, 0.6) is 5.75 Å². The summed E-state index contributed by atoms with van der Waals surface area (Å²) in [4.78, 5) is 8.02. The molecule has 29 heavy (non-hydrogen) atoms. The van der Waals surface area contributed by atoms with Crippen molar-refractivity contribution in [1.29, 1.82) is 0 Å². The largest absolute Gasteiger partial charge is 0.494 e. The van der Waals surface area contributed by atoms with Crippen LogP contribution in [-0.2, 0) is 0 Å². The van der Waals surface area contributed by atoms with Crippen molar-refractivity contribution in [1.82, 2.24) is 9.97 Å². The Balaban J connectivity index is 1.60. The maximum Gasteiger partial charge on any atom is 0.131 e. The smallest absolute Gasteiger partial charge is 0.131 e. The molecule has 4 rings (SSSR count). The number of nitrogens with one attached hydrogen (secondary N) is 1. The average molecular weight is 384 g/mol. The van der Waals surface area contributed by atoms with Crippen LogP contribution in [-0.4, -0.2) is 21.7 Å². The van der Waals surface area contributed by atoms with Gasteiger partial charge >= 0.3 is 0 Å². The number of nitrogens with zero attached hydrogens (tertiary/aromatic N) is 1. The Labute approximate surface area is 170 Å². The van der Waals surface area contributed by atoms with Crippen LogP contribution in [0, 0.1) is 0 Å². The highest BCUT2D eigenvalue weighted by atomic mass is 16.5. The number of aromatic amines is 1. The molecule has 0 radical (unpaired) electrons. The topological polar surface area (TPSA) is 58.1 Å². The normalized spacial score (nSPS) is 12.5. The first-order chi connectivity index (χ1) is 14.1. The van der Waals surface area contributed by atoms with E-state index in [4.69, 9.17) is 4.74 Å². The molecule has 4 aromatic rings. The van der Waals surface area contributed by atoms with Gasteiger partial charge < -0.3 is 14.8 Å². The maximum atomic E-state index is 10.1. The standard InChI is InChI=1S/C25H24N2O2/c1-3-29-20-12-8-18(9-13-20)10-15-25-26-23-14-11-19(16-24(23)27-25)22-7-5-4-6-21(22)17(2)28/h4-17,28H,3H2,1-2H3,(H,26,27)/b15-10+. The van der Waals surface area contributed by atoms with Gasteiger partial charge in [-0.2, -0.15) is 0 Å². The van der Waals surface area contributed by atoms with Crippen molar-refractivity contribution < 1.29 is 9.84 Å². The van der Waals surface area contributed by atoms with Gasteiger partial charge in [0.2, 0.25) is 0 Å². The Kier molecular flexibility index (Phi) is 5.45. The summed E-state index contributed by atoms with van der Waals surface area (Å²) in [6.45, 7) is 4.43. The van der Waals surface area contributed by atoms with Crippen molar-refractivity contribution in [2.24, 2.45) is 0 Å². The summed E-state index contributed by atoms with van der Waals surface area (Å²) >= 11 is 0. The third-order valence-electron chi connectivity index (χ3n) is 4.85. The lowest BCUT2D eigenvalue weighted by molar-refractivity contribution is 0.200. The summed E-state index contributed by atoms with van der Waals surface area (Å²) in [6, 6.07) is 22.0.